The molecule has 1 amide bonds. The molecule has 86 valence electrons. The molecule has 1 unspecified atom stereocenters. The summed E-state index contributed by atoms with van der Waals surface area (Å²) >= 11 is 0. The first kappa shape index (κ1) is 11.1. The number of aliphatic hydroxyl groups excluding tert-OH is 1. The topological polar surface area (TPSA) is 49.3 Å². The van der Waals surface area contributed by atoms with Gasteiger partial charge in [0.15, 0.2) is 6.10 Å². The van der Waals surface area contributed by atoms with Crippen LogP contribution in [0.1, 0.15) is 35.6 Å². The third-order valence-corrected chi connectivity index (χ3v) is 3.02. The molecule has 0 saturated heterocycles. The van der Waals surface area contributed by atoms with E-state index in [9.17, 15) is 9.90 Å². The summed E-state index contributed by atoms with van der Waals surface area (Å²) in [5, 5.41) is 12.7. The van der Waals surface area contributed by atoms with Crippen molar-refractivity contribution in [3.63, 3.8) is 0 Å². The van der Waals surface area contributed by atoms with Gasteiger partial charge in [-0.25, -0.2) is 0 Å². The Morgan fingerprint density at radius 1 is 1.38 bits per heavy atom. The summed E-state index contributed by atoms with van der Waals surface area (Å²) in [4.78, 5) is 11.6. The predicted octanol–water partition coefficient (Wildman–Crippen LogP) is 1.62. The zero-order chi connectivity index (χ0) is 11.7. The van der Waals surface area contributed by atoms with Gasteiger partial charge in [-0.3, -0.25) is 4.79 Å². The van der Waals surface area contributed by atoms with Crippen LogP contribution in [0.2, 0.25) is 0 Å². The first-order valence-corrected chi connectivity index (χ1v) is 5.63. The highest BCUT2D eigenvalue weighted by atomic mass is 16.3. The summed E-state index contributed by atoms with van der Waals surface area (Å²) in [6, 6.07) is 5.89. The largest absolute Gasteiger partial charge is 0.378 e. The molecule has 1 atom stereocenters. The van der Waals surface area contributed by atoms with Gasteiger partial charge in [-0.15, -0.1) is 0 Å². The van der Waals surface area contributed by atoms with Gasteiger partial charge in [-0.2, -0.15) is 0 Å². The number of amides is 1. The van der Waals surface area contributed by atoms with E-state index in [1.54, 1.807) is 6.07 Å². The Bertz CT molecular complexity index is 410. The average molecular weight is 219 g/mol. The van der Waals surface area contributed by atoms with E-state index in [0.717, 1.165) is 18.4 Å². The molecular weight excluding hydrogens is 202 g/mol. The quantitative estimate of drug-likeness (QED) is 0.811. The number of carbonyl (C=O) groups is 1. The van der Waals surface area contributed by atoms with Crippen molar-refractivity contribution in [2.24, 2.45) is 0 Å². The van der Waals surface area contributed by atoms with Crippen LogP contribution in [0.5, 0.6) is 0 Å². The SMILES string of the molecule is Cc1ccc(C(O)C(=O)NC2CC2)cc1C. The fraction of sp³-hybridized carbons (Fsp3) is 0.462. The maximum Gasteiger partial charge on any atom is 0.253 e. The molecule has 16 heavy (non-hydrogen) atoms. The Balaban J connectivity index is 2.09. The van der Waals surface area contributed by atoms with Crippen molar-refractivity contribution in [1.29, 1.82) is 0 Å². The van der Waals surface area contributed by atoms with E-state index in [4.69, 9.17) is 0 Å². The molecule has 0 spiro atoms. The summed E-state index contributed by atoms with van der Waals surface area (Å²) in [7, 11) is 0. The summed E-state index contributed by atoms with van der Waals surface area (Å²) in [6.07, 6.45) is 1.02. The van der Waals surface area contributed by atoms with Crippen LogP contribution < -0.4 is 5.32 Å². The second-order valence-electron chi connectivity index (χ2n) is 4.53. The van der Waals surface area contributed by atoms with Crippen LogP contribution >= 0.6 is 0 Å². The Morgan fingerprint density at radius 2 is 2.06 bits per heavy atom. The highest BCUT2D eigenvalue weighted by molar-refractivity contribution is 5.82. The normalized spacial score (nSPS) is 16.9. The minimum atomic E-state index is -1.04. The van der Waals surface area contributed by atoms with Crippen LogP contribution in [0.4, 0.5) is 0 Å². The molecule has 3 heteroatoms. The Hall–Kier alpha value is -1.35. The monoisotopic (exact) mass is 219 g/mol. The second-order valence-corrected chi connectivity index (χ2v) is 4.53. The lowest BCUT2D eigenvalue weighted by Gasteiger charge is -2.12. The first-order valence-electron chi connectivity index (χ1n) is 5.63. The molecular formula is C13H17NO2. The van der Waals surface area contributed by atoms with E-state index >= 15 is 0 Å². The highest BCUT2D eigenvalue weighted by Crippen LogP contribution is 2.22. The number of aryl methyl sites for hydroxylation is 2. The van der Waals surface area contributed by atoms with Gasteiger partial charge in [0.2, 0.25) is 0 Å². The predicted molar refractivity (Wildman–Crippen MR) is 62.0 cm³/mol. The van der Waals surface area contributed by atoms with Crippen LogP contribution in [0.3, 0.4) is 0 Å². The van der Waals surface area contributed by atoms with Gasteiger partial charge in [0.05, 0.1) is 0 Å². The van der Waals surface area contributed by atoms with E-state index in [-0.39, 0.29) is 11.9 Å². The molecule has 2 rings (SSSR count). The molecule has 1 aromatic rings. The lowest BCUT2D eigenvalue weighted by atomic mass is 10.0. The Morgan fingerprint density at radius 3 is 2.62 bits per heavy atom. The standard InChI is InChI=1S/C13H17NO2/c1-8-3-4-10(7-9(8)2)12(15)13(16)14-11-5-6-11/h3-4,7,11-12,15H,5-6H2,1-2H3,(H,14,16). The fourth-order valence-corrected chi connectivity index (χ4v) is 1.59. The molecule has 0 radical (unpaired) electrons. The van der Waals surface area contributed by atoms with Crippen LogP contribution in [-0.4, -0.2) is 17.1 Å². The summed E-state index contributed by atoms with van der Waals surface area (Å²) < 4.78 is 0. The van der Waals surface area contributed by atoms with Crippen molar-refractivity contribution in [2.45, 2.75) is 38.8 Å². The van der Waals surface area contributed by atoms with Crippen molar-refractivity contribution in [3.8, 4) is 0 Å². The zero-order valence-corrected chi connectivity index (χ0v) is 9.66. The smallest absolute Gasteiger partial charge is 0.253 e. The molecule has 0 bridgehead atoms. The van der Waals surface area contributed by atoms with Gasteiger partial charge in [-0.05, 0) is 43.4 Å². The fourth-order valence-electron chi connectivity index (χ4n) is 1.59. The van der Waals surface area contributed by atoms with Crippen molar-refractivity contribution >= 4 is 5.91 Å². The lowest BCUT2D eigenvalue weighted by molar-refractivity contribution is -0.129. The maximum absolute atomic E-state index is 11.6. The zero-order valence-electron chi connectivity index (χ0n) is 9.66. The number of carbonyl (C=O) groups excluding carboxylic acids is 1. The number of rotatable bonds is 3. The minimum Gasteiger partial charge on any atom is -0.378 e. The van der Waals surface area contributed by atoms with E-state index < -0.39 is 6.10 Å². The van der Waals surface area contributed by atoms with Gasteiger partial charge in [0.1, 0.15) is 0 Å². The van der Waals surface area contributed by atoms with Crippen LogP contribution in [0.25, 0.3) is 0 Å². The highest BCUT2D eigenvalue weighted by Gasteiger charge is 2.27. The Labute approximate surface area is 95.5 Å². The molecule has 1 aliphatic carbocycles. The third kappa shape index (κ3) is 2.42. The second kappa shape index (κ2) is 4.26. The average Bonchev–Trinajstić information content (AvgIpc) is 3.05. The number of hydrogen-bond donors (Lipinski definition) is 2. The van der Waals surface area contributed by atoms with E-state index in [0.29, 0.717) is 5.56 Å². The van der Waals surface area contributed by atoms with E-state index in [1.165, 1.54) is 5.56 Å². The third-order valence-electron chi connectivity index (χ3n) is 3.02. The molecule has 2 N–H and O–H groups in total. The molecule has 1 fully saturated rings. The summed E-state index contributed by atoms with van der Waals surface area (Å²) in [6.45, 7) is 3.99. The van der Waals surface area contributed by atoms with E-state index in [1.807, 2.05) is 26.0 Å². The number of benzene rings is 1. The van der Waals surface area contributed by atoms with Gasteiger partial charge >= 0.3 is 0 Å². The summed E-state index contributed by atoms with van der Waals surface area (Å²) in [5.41, 5.74) is 2.93. The van der Waals surface area contributed by atoms with E-state index in [2.05, 4.69) is 5.32 Å². The molecule has 0 heterocycles. The van der Waals surface area contributed by atoms with Gasteiger partial charge in [0.25, 0.3) is 5.91 Å². The molecule has 0 aliphatic heterocycles. The van der Waals surface area contributed by atoms with Crippen LogP contribution in [0.15, 0.2) is 18.2 Å². The molecule has 0 aromatic heterocycles. The summed E-state index contributed by atoms with van der Waals surface area (Å²) in [5.74, 6) is -0.286. The molecule has 3 nitrogen and oxygen atoms in total. The lowest BCUT2D eigenvalue weighted by Crippen LogP contribution is -2.30. The van der Waals surface area contributed by atoms with Crippen molar-refractivity contribution < 1.29 is 9.90 Å². The number of hydrogen-bond acceptors (Lipinski definition) is 2. The van der Waals surface area contributed by atoms with Gasteiger partial charge < -0.3 is 10.4 Å². The van der Waals surface area contributed by atoms with Crippen LogP contribution in [-0.2, 0) is 4.79 Å². The van der Waals surface area contributed by atoms with Gasteiger partial charge in [0, 0.05) is 6.04 Å². The Kier molecular flexibility index (Phi) is 2.97. The van der Waals surface area contributed by atoms with Gasteiger partial charge in [-0.1, -0.05) is 18.2 Å². The van der Waals surface area contributed by atoms with Crippen molar-refractivity contribution in [3.05, 3.63) is 34.9 Å². The number of nitrogens with one attached hydrogen (secondary N) is 1. The minimum absolute atomic E-state index is 0.286. The van der Waals surface area contributed by atoms with Crippen molar-refractivity contribution in [2.75, 3.05) is 0 Å². The first-order chi connectivity index (χ1) is 7.58. The molecule has 1 aliphatic rings. The molecule has 1 saturated carbocycles. The van der Waals surface area contributed by atoms with Crippen LogP contribution in [0, 0.1) is 13.8 Å². The van der Waals surface area contributed by atoms with Crippen molar-refractivity contribution in [1.82, 2.24) is 5.32 Å². The number of aliphatic hydroxyl groups is 1. The maximum atomic E-state index is 11.6. The molecule has 1 aromatic carbocycles.